The summed E-state index contributed by atoms with van der Waals surface area (Å²) >= 11 is 0. The van der Waals surface area contributed by atoms with E-state index in [9.17, 15) is 55.9 Å². The normalized spacial score (nSPS) is 37.6. The van der Waals surface area contributed by atoms with Gasteiger partial charge in [-0.1, -0.05) is 0 Å². The molecule has 18 nitrogen and oxygen atoms in total. The summed E-state index contributed by atoms with van der Waals surface area (Å²) < 4.78 is 39.6. The second-order valence-electron chi connectivity index (χ2n) is 12.5. The molecular formula is C32H38O18. The molecule has 3 aromatic rings. The fourth-order valence-corrected chi connectivity index (χ4v) is 5.95. The molecular weight excluding hydrogens is 672 g/mol. The Bertz CT molecular complexity index is 1730. The Morgan fingerprint density at radius 3 is 2.12 bits per heavy atom. The molecule has 0 bridgehead atoms. The van der Waals surface area contributed by atoms with Crippen molar-refractivity contribution >= 4 is 11.0 Å². The van der Waals surface area contributed by atoms with Gasteiger partial charge in [-0.2, -0.15) is 0 Å². The number of aliphatic hydroxyl groups excluding tert-OH is 7. The maximum Gasteiger partial charge on any atom is 0.239 e. The van der Waals surface area contributed by atoms with E-state index in [0.29, 0.717) is 0 Å². The molecule has 4 heterocycles. The van der Waals surface area contributed by atoms with E-state index in [0.717, 1.165) is 6.07 Å². The zero-order chi connectivity index (χ0) is 36.2. The first-order valence-electron chi connectivity index (χ1n) is 15.6. The highest BCUT2D eigenvalue weighted by atomic mass is 16.7. The first kappa shape index (κ1) is 36.2. The molecule has 3 aliphatic rings. The molecule has 0 spiro atoms. The Kier molecular flexibility index (Phi) is 10.0. The highest BCUT2D eigenvalue weighted by Gasteiger charge is 2.53. The molecule has 13 atom stereocenters. The first-order valence-corrected chi connectivity index (χ1v) is 15.6. The quantitative estimate of drug-likeness (QED) is 0.118. The second kappa shape index (κ2) is 13.8. The number of rotatable bonds is 8. The number of benzene rings is 2. The number of aliphatic hydroxyl groups is 8. The fraction of sp³-hybridized carbons (Fsp3) is 0.531. The Hall–Kier alpha value is -3.63. The van der Waals surface area contributed by atoms with Crippen molar-refractivity contribution in [1.82, 2.24) is 0 Å². The van der Waals surface area contributed by atoms with Gasteiger partial charge in [0, 0.05) is 17.7 Å². The highest BCUT2D eigenvalue weighted by molar-refractivity contribution is 5.88. The summed E-state index contributed by atoms with van der Waals surface area (Å²) in [6.07, 6.45) is -18.1. The lowest BCUT2D eigenvalue weighted by molar-refractivity contribution is -0.306. The standard InChI is InChI=1S/C32H38O18/c1-11-19(36)21(38)23(40)29(45-11)47-15-7-16(35)18-17(8-15)48-26(13-3-5-14(34)6-4-13)27(20(18)37)50-30-24(41)22(39)25(12(2)46-30)49-31-28(42)32(43,9-33)10-44-31/h3-8,11-12,19,21-25,28-31,33-36,38-43H,9-10H2,1-2H3/t11-,12-,19-,21+,22-,23+,24+,25-,28-,29-,30-,31-,32+/m0/s1. The van der Waals surface area contributed by atoms with Crippen LogP contribution in [-0.2, 0) is 18.9 Å². The number of hydrogen-bond donors (Lipinski definition) is 10. The Morgan fingerprint density at radius 2 is 1.46 bits per heavy atom. The topological polar surface area (TPSA) is 288 Å². The van der Waals surface area contributed by atoms with E-state index in [4.69, 9.17) is 32.8 Å². The number of hydrogen-bond acceptors (Lipinski definition) is 18. The molecule has 0 unspecified atom stereocenters. The summed E-state index contributed by atoms with van der Waals surface area (Å²) in [4.78, 5) is 14.0. The SMILES string of the molecule is C[C@@H]1O[C@@H](Oc2cc(O)c3c(=O)c(O[C@@H]4O[C@@H](C)[C@H](O[C@@H]5OC[C@](O)(CO)[C@H]5O)[C@@H](O)[C@H]4O)c(-c4ccc(O)cc4)oc3c2)[C@H](O)[C@H](O)[C@H]1O. The van der Waals surface area contributed by atoms with Crippen molar-refractivity contribution in [3.8, 4) is 34.3 Å². The summed E-state index contributed by atoms with van der Waals surface area (Å²) in [5, 5.41) is 103. The van der Waals surface area contributed by atoms with E-state index in [1.54, 1.807) is 0 Å². The van der Waals surface area contributed by atoms with Crippen LogP contribution < -0.4 is 14.9 Å². The minimum absolute atomic E-state index is 0.122. The van der Waals surface area contributed by atoms with Crippen LogP contribution in [-0.4, -0.2) is 144 Å². The van der Waals surface area contributed by atoms with Crippen LogP contribution in [0.3, 0.4) is 0 Å². The zero-order valence-corrected chi connectivity index (χ0v) is 26.5. The first-order chi connectivity index (χ1) is 23.6. The number of fused-ring (bicyclic) bond motifs is 1. The number of phenolic OH excluding ortho intramolecular Hbond substituents is 2. The lowest BCUT2D eigenvalue weighted by atomic mass is 9.98. The third-order valence-corrected chi connectivity index (χ3v) is 8.98. The van der Waals surface area contributed by atoms with E-state index in [2.05, 4.69) is 0 Å². The van der Waals surface area contributed by atoms with E-state index in [1.165, 1.54) is 44.2 Å². The van der Waals surface area contributed by atoms with Crippen LogP contribution in [0.5, 0.6) is 23.0 Å². The van der Waals surface area contributed by atoms with Crippen molar-refractivity contribution in [3.63, 3.8) is 0 Å². The van der Waals surface area contributed by atoms with Gasteiger partial charge in [0.25, 0.3) is 0 Å². The van der Waals surface area contributed by atoms with Gasteiger partial charge in [-0.05, 0) is 38.1 Å². The molecule has 50 heavy (non-hydrogen) atoms. The maximum absolute atomic E-state index is 14.0. The Morgan fingerprint density at radius 1 is 0.820 bits per heavy atom. The fourth-order valence-electron chi connectivity index (χ4n) is 5.95. The highest BCUT2D eigenvalue weighted by Crippen LogP contribution is 2.39. The van der Waals surface area contributed by atoms with Crippen molar-refractivity contribution in [2.75, 3.05) is 13.2 Å². The molecule has 274 valence electrons. The molecule has 3 saturated heterocycles. The average Bonchev–Trinajstić information content (AvgIpc) is 3.37. The summed E-state index contributed by atoms with van der Waals surface area (Å²) in [6.45, 7) is 1.58. The second-order valence-corrected chi connectivity index (χ2v) is 12.5. The Balaban J connectivity index is 1.31. The number of ether oxygens (including phenoxy) is 6. The Labute approximate surface area is 282 Å². The van der Waals surface area contributed by atoms with E-state index in [1.807, 2.05) is 0 Å². The molecule has 0 saturated carbocycles. The molecule has 10 N–H and O–H groups in total. The van der Waals surface area contributed by atoms with Gasteiger partial charge in [-0.25, -0.2) is 0 Å². The van der Waals surface area contributed by atoms with Crippen molar-refractivity contribution in [1.29, 1.82) is 0 Å². The molecule has 3 fully saturated rings. The predicted molar refractivity (Wildman–Crippen MR) is 164 cm³/mol. The van der Waals surface area contributed by atoms with E-state index in [-0.39, 0.29) is 28.4 Å². The monoisotopic (exact) mass is 710 g/mol. The summed E-state index contributed by atoms with van der Waals surface area (Å²) in [5.41, 5.74) is -3.03. The van der Waals surface area contributed by atoms with Gasteiger partial charge >= 0.3 is 0 Å². The van der Waals surface area contributed by atoms with Crippen LogP contribution >= 0.6 is 0 Å². The van der Waals surface area contributed by atoms with Gasteiger partial charge in [0.05, 0.1) is 25.4 Å². The zero-order valence-electron chi connectivity index (χ0n) is 26.5. The van der Waals surface area contributed by atoms with Crippen LogP contribution in [0.25, 0.3) is 22.3 Å². The van der Waals surface area contributed by atoms with E-state index >= 15 is 0 Å². The molecule has 18 heteroatoms. The summed E-state index contributed by atoms with van der Waals surface area (Å²) in [5.74, 6) is -1.79. The lowest BCUT2D eigenvalue weighted by Crippen LogP contribution is -2.60. The molecule has 0 radical (unpaired) electrons. The molecule has 6 rings (SSSR count). The van der Waals surface area contributed by atoms with E-state index < -0.39 is 115 Å². The number of phenols is 2. The van der Waals surface area contributed by atoms with Crippen LogP contribution in [0, 0.1) is 0 Å². The molecule has 0 aliphatic carbocycles. The van der Waals surface area contributed by atoms with Crippen LogP contribution in [0.4, 0.5) is 0 Å². The smallest absolute Gasteiger partial charge is 0.239 e. The number of aromatic hydroxyl groups is 2. The van der Waals surface area contributed by atoms with Gasteiger partial charge in [0.2, 0.25) is 23.8 Å². The van der Waals surface area contributed by atoms with Crippen LogP contribution in [0.2, 0.25) is 0 Å². The summed E-state index contributed by atoms with van der Waals surface area (Å²) in [6, 6.07) is 7.55. The van der Waals surface area contributed by atoms with Crippen molar-refractivity contribution < 1.29 is 83.9 Å². The average molecular weight is 711 g/mol. The minimum Gasteiger partial charge on any atom is -0.508 e. The lowest BCUT2D eigenvalue weighted by Gasteiger charge is -2.42. The third kappa shape index (κ3) is 6.49. The van der Waals surface area contributed by atoms with Crippen molar-refractivity contribution in [2.45, 2.75) is 93.3 Å². The molecule has 0 amide bonds. The minimum atomic E-state index is -2.01. The van der Waals surface area contributed by atoms with Gasteiger partial charge in [0.1, 0.15) is 76.5 Å². The summed E-state index contributed by atoms with van der Waals surface area (Å²) in [7, 11) is 0. The van der Waals surface area contributed by atoms with Gasteiger partial charge in [-0.15, -0.1) is 0 Å². The van der Waals surface area contributed by atoms with Gasteiger partial charge < -0.3 is 83.9 Å². The molecule has 1 aromatic heterocycles. The van der Waals surface area contributed by atoms with Gasteiger partial charge in [-0.3, -0.25) is 4.79 Å². The van der Waals surface area contributed by atoms with Gasteiger partial charge in [0.15, 0.2) is 12.1 Å². The molecule has 3 aliphatic heterocycles. The van der Waals surface area contributed by atoms with Crippen molar-refractivity contribution in [3.05, 3.63) is 46.6 Å². The predicted octanol–water partition coefficient (Wildman–Crippen LogP) is -2.25. The molecule has 2 aromatic carbocycles. The van der Waals surface area contributed by atoms with Crippen LogP contribution in [0.1, 0.15) is 13.8 Å². The maximum atomic E-state index is 14.0. The largest absolute Gasteiger partial charge is 0.508 e. The van der Waals surface area contributed by atoms with Crippen molar-refractivity contribution in [2.24, 2.45) is 0 Å². The van der Waals surface area contributed by atoms with Crippen LogP contribution in [0.15, 0.2) is 45.6 Å². The third-order valence-electron chi connectivity index (χ3n) is 8.98.